The molecule has 0 heterocycles. The number of rotatable bonds is 3. The molecule has 0 aromatic heterocycles. The van der Waals surface area contributed by atoms with Crippen LogP contribution >= 0.6 is 0 Å². The van der Waals surface area contributed by atoms with Gasteiger partial charge in [-0.05, 0) is 0 Å². The smallest absolute Gasteiger partial charge is 0.438 e. The van der Waals surface area contributed by atoms with Crippen LogP contribution in [0.1, 0.15) is 19.3 Å². The largest absolute Gasteiger partial charge is 0.508 e. The van der Waals surface area contributed by atoms with Gasteiger partial charge < -0.3 is 28.4 Å². The van der Waals surface area contributed by atoms with Gasteiger partial charge in [0.15, 0.2) is 0 Å². The maximum atomic E-state index is 11.1. The van der Waals surface area contributed by atoms with Crippen molar-refractivity contribution >= 4 is 18.5 Å². The van der Waals surface area contributed by atoms with Crippen LogP contribution in [0, 0.1) is 0 Å². The highest BCUT2D eigenvalue weighted by atomic mass is 16.7. The van der Waals surface area contributed by atoms with E-state index in [2.05, 4.69) is 14.2 Å². The molecule has 0 N–H and O–H groups in total. The van der Waals surface area contributed by atoms with Gasteiger partial charge in [0.1, 0.15) is 18.3 Å². The summed E-state index contributed by atoms with van der Waals surface area (Å²) in [5.41, 5.74) is 0. The zero-order valence-corrected chi connectivity index (χ0v) is 12.0. The van der Waals surface area contributed by atoms with Crippen LogP contribution in [0.3, 0.4) is 0 Å². The van der Waals surface area contributed by atoms with Crippen molar-refractivity contribution in [1.29, 1.82) is 0 Å². The van der Waals surface area contributed by atoms with E-state index in [0.717, 1.165) is 0 Å². The quantitative estimate of drug-likeness (QED) is 0.567. The predicted molar refractivity (Wildman–Crippen MR) is 65.7 cm³/mol. The van der Waals surface area contributed by atoms with E-state index >= 15 is 0 Å². The first kappa shape index (κ1) is 16.9. The number of carbonyl (C=O) groups excluding carboxylic acids is 3. The summed E-state index contributed by atoms with van der Waals surface area (Å²) in [6, 6.07) is 0. The van der Waals surface area contributed by atoms with Gasteiger partial charge in [0.05, 0.1) is 21.3 Å². The first-order chi connectivity index (χ1) is 9.98. The highest BCUT2D eigenvalue weighted by Gasteiger charge is 2.36. The molecule has 1 aliphatic rings. The van der Waals surface area contributed by atoms with Crippen LogP contribution in [-0.4, -0.2) is 58.1 Å². The fourth-order valence-corrected chi connectivity index (χ4v) is 2.01. The number of carbonyl (C=O) groups is 3. The third-order valence-electron chi connectivity index (χ3n) is 2.87. The van der Waals surface area contributed by atoms with Crippen LogP contribution in [0.4, 0.5) is 14.4 Å². The topological polar surface area (TPSA) is 107 Å². The highest BCUT2D eigenvalue weighted by Crippen LogP contribution is 2.27. The molecular formula is C12H18O9. The van der Waals surface area contributed by atoms with Gasteiger partial charge in [-0.15, -0.1) is 0 Å². The SMILES string of the molecule is COC(=O)OC1CC(OC(=O)OC)CC(OC(=O)OC)C1. The Morgan fingerprint density at radius 2 is 0.857 bits per heavy atom. The fourth-order valence-electron chi connectivity index (χ4n) is 2.01. The molecular weight excluding hydrogens is 288 g/mol. The van der Waals surface area contributed by atoms with Crippen LogP contribution in [0.25, 0.3) is 0 Å². The lowest BCUT2D eigenvalue weighted by Crippen LogP contribution is -2.40. The molecule has 0 unspecified atom stereocenters. The molecule has 1 fully saturated rings. The highest BCUT2D eigenvalue weighted by molar-refractivity contribution is 5.61. The van der Waals surface area contributed by atoms with E-state index in [1.165, 1.54) is 21.3 Å². The minimum absolute atomic E-state index is 0.255. The summed E-state index contributed by atoms with van der Waals surface area (Å²) in [5, 5.41) is 0. The molecule has 0 spiro atoms. The van der Waals surface area contributed by atoms with Gasteiger partial charge in [-0.2, -0.15) is 0 Å². The molecule has 0 aliphatic heterocycles. The standard InChI is InChI=1S/C12H18O9/c1-16-10(13)19-7-4-8(20-11(14)17-2)6-9(5-7)21-12(15)18-3/h7-9H,4-6H2,1-3H3. The van der Waals surface area contributed by atoms with E-state index in [9.17, 15) is 14.4 Å². The van der Waals surface area contributed by atoms with Gasteiger partial charge in [0.25, 0.3) is 0 Å². The number of methoxy groups -OCH3 is 3. The van der Waals surface area contributed by atoms with Crippen LogP contribution in [0.5, 0.6) is 0 Å². The molecule has 0 atom stereocenters. The van der Waals surface area contributed by atoms with Crippen molar-refractivity contribution in [2.24, 2.45) is 0 Å². The summed E-state index contributed by atoms with van der Waals surface area (Å²) < 4.78 is 28.2. The second-order valence-electron chi connectivity index (χ2n) is 4.29. The molecule has 9 heteroatoms. The Hall–Kier alpha value is -2.19. The Balaban J connectivity index is 2.65. The van der Waals surface area contributed by atoms with Crippen molar-refractivity contribution in [3.63, 3.8) is 0 Å². The lowest BCUT2D eigenvalue weighted by molar-refractivity contribution is -0.0718. The third kappa shape index (κ3) is 5.76. The molecule has 0 aromatic carbocycles. The van der Waals surface area contributed by atoms with Crippen molar-refractivity contribution in [3.8, 4) is 0 Å². The molecule has 0 aromatic rings. The fraction of sp³-hybridized carbons (Fsp3) is 0.750. The average Bonchev–Trinajstić information content (AvgIpc) is 2.46. The Kier molecular flexibility index (Phi) is 6.57. The molecule has 0 saturated heterocycles. The maximum absolute atomic E-state index is 11.1. The van der Waals surface area contributed by atoms with Crippen LogP contribution in [-0.2, 0) is 28.4 Å². The molecule has 1 saturated carbocycles. The van der Waals surface area contributed by atoms with Gasteiger partial charge in [0.2, 0.25) is 0 Å². The van der Waals surface area contributed by atoms with Gasteiger partial charge in [-0.1, -0.05) is 0 Å². The third-order valence-corrected chi connectivity index (χ3v) is 2.87. The molecule has 0 amide bonds. The Labute approximate surface area is 121 Å². The Morgan fingerprint density at radius 1 is 0.619 bits per heavy atom. The van der Waals surface area contributed by atoms with Crippen molar-refractivity contribution in [2.75, 3.05) is 21.3 Å². The monoisotopic (exact) mass is 306 g/mol. The Bertz CT molecular complexity index is 318. The van der Waals surface area contributed by atoms with E-state index < -0.39 is 36.8 Å². The van der Waals surface area contributed by atoms with E-state index in [0.29, 0.717) is 0 Å². The first-order valence-electron chi connectivity index (χ1n) is 6.22. The molecule has 1 rings (SSSR count). The van der Waals surface area contributed by atoms with Crippen LogP contribution in [0.15, 0.2) is 0 Å². The van der Waals surface area contributed by atoms with Crippen molar-refractivity contribution in [2.45, 2.75) is 37.6 Å². The lowest BCUT2D eigenvalue weighted by atomic mass is 9.92. The second kappa shape index (κ2) is 8.18. The van der Waals surface area contributed by atoms with Gasteiger partial charge in [-0.3, -0.25) is 0 Å². The van der Waals surface area contributed by atoms with E-state index in [1.54, 1.807) is 0 Å². The summed E-state index contributed by atoms with van der Waals surface area (Å²) in [5.74, 6) is 0. The first-order valence-corrected chi connectivity index (χ1v) is 6.22. The van der Waals surface area contributed by atoms with Crippen molar-refractivity contribution in [1.82, 2.24) is 0 Å². The zero-order valence-electron chi connectivity index (χ0n) is 12.0. The summed E-state index contributed by atoms with van der Waals surface area (Å²) >= 11 is 0. The Morgan fingerprint density at radius 3 is 1.05 bits per heavy atom. The van der Waals surface area contributed by atoms with Crippen molar-refractivity contribution in [3.05, 3.63) is 0 Å². The van der Waals surface area contributed by atoms with Gasteiger partial charge in [0, 0.05) is 19.3 Å². The van der Waals surface area contributed by atoms with Crippen LogP contribution < -0.4 is 0 Å². The molecule has 9 nitrogen and oxygen atoms in total. The summed E-state index contributed by atoms with van der Waals surface area (Å²) in [7, 11) is 3.53. The number of hydrogen-bond donors (Lipinski definition) is 0. The zero-order chi connectivity index (χ0) is 15.8. The molecule has 0 radical (unpaired) electrons. The molecule has 1 aliphatic carbocycles. The molecule has 21 heavy (non-hydrogen) atoms. The van der Waals surface area contributed by atoms with Gasteiger partial charge in [-0.25, -0.2) is 14.4 Å². The lowest BCUT2D eigenvalue weighted by Gasteiger charge is -2.32. The number of hydrogen-bond acceptors (Lipinski definition) is 9. The molecule has 120 valence electrons. The number of ether oxygens (including phenoxy) is 6. The normalized spacial score (nSPS) is 24.4. The second-order valence-corrected chi connectivity index (χ2v) is 4.29. The summed E-state index contributed by atoms with van der Waals surface area (Å²) in [4.78, 5) is 33.4. The summed E-state index contributed by atoms with van der Waals surface area (Å²) in [6.07, 6.45) is -3.68. The van der Waals surface area contributed by atoms with Crippen molar-refractivity contribution < 1.29 is 42.8 Å². The maximum Gasteiger partial charge on any atom is 0.508 e. The van der Waals surface area contributed by atoms with Gasteiger partial charge >= 0.3 is 18.5 Å². The minimum Gasteiger partial charge on any atom is -0.438 e. The van der Waals surface area contributed by atoms with Crippen LogP contribution in [0.2, 0.25) is 0 Å². The average molecular weight is 306 g/mol. The van der Waals surface area contributed by atoms with E-state index in [1.807, 2.05) is 0 Å². The molecule has 0 bridgehead atoms. The van der Waals surface area contributed by atoms with E-state index in [4.69, 9.17) is 14.2 Å². The summed E-state index contributed by atoms with van der Waals surface area (Å²) in [6.45, 7) is 0. The van der Waals surface area contributed by atoms with E-state index in [-0.39, 0.29) is 19.3 Å². The minimum atomic E-state index is -0.865. The predicted octanol–water partition coefficient (Wildman–Crippen LogP) is 1.63.